The van der Waals surface area contributed by atoms with Crippen molar-refractivity contribution in [2.24, 2.45) is 5.73 Å². The second-order valence-corrected chi connectivity index (χ2v) is 7.05. The van der Waals surface area contributed by atoms with Gasteiger partial charge in [0, 0.05) is 37.1 Å². The van der Waals surface area contributed by atoms with E-state index in [0.29, 0.717) is 12.2 Å². The van der Waals surface area contributed by atoms with Crippen LogP contribution < -0.4 is 10.6 Å². The van der Waals surface area contributed by atoms with E-state index in [1.165, 1.54) is 18.5 Å². The third kappa shape index (κ3) is 2.35. The molecule has 2 bridgehead atoms. The molecular formula is C15H22N4OS. The summed E-state index contributed by atoms with van der Waals surface area (Å²) in [7, 11) is 0. The maximum absolute atomic E-state index is 6.21. The van der Waals surface area contributed by atoms with Gasteiger partial charge >= 0.3 is 0 Å². The predicted octanol–water partition coefficient (Wildman–Crippen LogP) is 2.04. The molecule has 0 saturated carbocycles. The monoisotopic (exact) mass is 306 g/mol. The zero-order valence-corrected chi connectivity index (χ0v) is 13.2. The van der Waals surface area contributed by atoms with Crippen LogP contribution in [0.4, 0.5) is 5.82 Å². The largest absolute Gasteiger partial charge is 0.371 e. The zero-order valence-electron chi connectivity index (χ0n) is 12.4. The fraction of sp³-hybridized carbons (Fsp3) is 0.667. The molecule has 2 N–H and O–H groups in total. The molecule has 4 heterocycles. The van der Waals surface area contributed by atoms with Crippen molar-refractivity contribution in [2.75, 3.05) is 18.0 Å². The number of fused-ring (bicyclic) bond motifs is 3. The molecule has 2 aromatic rings. The molecule has 0 aromatic carbocycles. The molecule has 3 atom stereocenters. The van der Waals surface area contributed by atoms with Crippen molar-refractivity contribution in [3.05, 3.63) is 17.3 Å². The molecule has 5 nitrogen and oxygen atoms in total. The van der Waals surface area contributed by atoms with E-state index in [0.717, 1.165) is 36.7 Å². The summed E-state index contributed by atoms with van der Waals surface area (Å²) in [6.45, 7) is 4.08. The Labute approximate surface area is 128 Å². The number of thiazole rings is 1. The lowest BCUT2D eigenvalue weighted by atomic mass is 10.1. The summed E-state index contributed by atoms with van der Waals surface area (Å²) in [5.41, 5.74) is 7.47. The van der Waals surface area contributed by atoms with Crippen LogP contribution in [0.25, 0.3) is 4.96 Å². The molecule has 3 unspecified atom stereocenters. The average molecular weight is 306 g/mol. The highest BCUT2D eigenvalue weighted by Crippen LogP contribution is 2.32. The van der Waals surface area contributed by atoms with E-state index in [4.69, 9.17) is 15.5 Å². The number of morpholine rings is 1. The van der Waals surface area contributed by atoms with Gasteiger partial charge in [0.2, 0.25) is 0 Å². The van der Waals surface area contributed by atoms with Crippen molar-refractivity contribution in [3.8, 4) is 0 Å². The Morgan fingerprint density at radius 3 is 2.90 bits per heavy atom. The Hall–Kier alpha value is -1.11. The Morgan fingerprint density at radius 1 is 1.43 bits per heavy atom. The quantitative estimate of drug-likeness (QED) is 0.939. The van der Waals surface area contributed by atoms with E-state index < -0.39 is 0 Å². The summed E-state index contributed by atoms with van der Waals surface area (Å²) in [6.07, 6.45) is 7.14. The maximum Gasteiger partial charge on any atom is 0.195 e. The van der Waals surface area contributed by atoms with Gasteiger partial charge in [-0.25, -0.2) is 4.98 Å². The van der Waals surface area contributed by atoms with Crippen LogP contribution in [0.1, 0.15) is 31.9 Å². The van der Waals surface area contributed by atoms with E-state index >= 15 is 0 Å². The average Bonchev–Trinajstić information content (AvgIpc) is 3.15. The van der Waals surface area contributed by atoms with Crippen molar-refractivity contribution >= 4 is 22.1 Å². The molecule has 114 valence electrons. The smallest absolute Gasteiger partial charge is 0.195 e. The lowest BCUT2D eigenvalue weighted by molar-refractivity contribution is 0.0302. The van der Waals surface area contributed by atoms with Gasteiger partial charge in [-0.05, 0) is 19.3 Å². The van der Waals surface area contributed by atoms with Gasteiger partial charge in [0.25, 0.3) is 0 Å². The molecule has 2 aliphatic heterocycles. The topological polar surface area (TPSA) is 55.8 Å². The van der Waals surface area contributed by atoms with Crippen LogP contribution in [0.5, 0.6) is 0 Å². The lowest BCUT2D eigenvalue weighted by Gasteiger charge is -2.33. The minimum Gasteiger partial charge on any atom is -0.371 e. The number of nitrogens with two attached hydrogens (primary N) is 1. The first-order valence-corrected chi connectivity index (χ1v) is 8.73. The molecular weight excluding hydrogens is 284 g/mol. The van der Waals surface area contributed by atoms with Crippen LogP contribution in [0.2, 0.25) is 0 Å². The number of rotatable bonds is 4. The van der Waals surface area contributed by atoms with Gasteiger partial charge < -0.3 is 15.4 Å². The summed E-state index contributed by atoms with van der Waals surface area (Å²) < 4.78 is 8.16. The highest BCUT2D eigenvalue weighted by Gasteiger charge is 2.35. The van der Waals surface area contributed by atoms with Crippen LogP contribution in [0, 0.1) is 0 Å². The molecule has 2 fully saturated rings. The number of imidazole rings is 1. The number of hydrogen-bond acceptors (Lipinski definition) is 5. The van der Waals surface area contributed by atoms with Crippen LogP contribution in [0.3, 0.4) is 0 Å². The normalized spacial score (nSPS) is 26.7. The SMILES string of the molecule is CCC(N)Cc1c(N2CC3CCC(C2)O3)nc2sccn12. The fourth-order valence-corrected chi connectivity index (χ4v) is 4.17. The molecule has 0 spiro atoms. The number of ether oxygens (including phenoxy) is 1. The van der Waals surface area contributed by atoms with Crippen molar-refractivity contribution in [1.82, 2.24) is 9.38 Å². The van der Waals surface area contributed by atoms with E-state index in [9.17, 15) is 0 Å². The molecule has 6 heteroatoms. The summed E-state index contributed by atoms with van der Waals surface area (Å²) in [5, 5.41) is 2.09. The van der Waals surface area contributed by atoms with E-state index in [-0.39, 0.29) is 6.04 Å². The third-order valence-electron chi connectivity index (χ3n) is 4.66. The minimum atomic E-state index is 0.196. The first kappa shape index (κ1) is 13.5. The Bertz CT molecular complexity index is 625. The van der Waals surface area contributed by atoms with Crippen molar-refractivity contribution < 1.29 is 4.74 Å². The summed E-state index contributed by atoms with van der Waals surface area (Å²) in [4.78, 5) is 8.37. The van der Waals surface area contributed by atoms with Gasteiger partial charge in [0.05, 0.1) is 17.9 Å². The number of aromatic nitrogens is 2. The third-order valence-corrected chi connectivity index (χ3v) is 5.42. The van der Waals surface area contributed by atoms with Crippen molar-refractivity contribution in [2.45, 2.75) is 50.9 Å². The second-order valence-electron chi connectivity index (χ2n) is 6.17. The molecule has 2 aliphatic rings. The maximum atomic E-state index is 6.21. The number of hydrogen-bond donors (Lipinski definition) is 1. The molecule has 2 aromatic heterocycles. The summed E-state index contributed by atoms with van der Waals surface area (Å²) in [6, 6.07) is 0.196. The van der Waals surface area contributed by atoms with Gasteiger partial charge in [-0.1, -0.05) is 6.92 Å². The Morgan fingerprint density at radius 2 is 2.19 bits per heavy atom. The van der Waals surface area contributed by atoms with Gasteiger partial charge in [-0.3, -0.25) is 4.40 Å². The fourth-order valence-electron chi connectivity index (χ4n) is 3.44. The Balaban J connectivity index is 1.70. The highest BCUT2D eigenvalue weighted by atomic mass is 32.1. The Kier molecular flexibility index (Phi) is 3.40. The van der Waals surface area contributed by atoms with E-state index in [2.05, 4.69) is 27.8 Å². The summed E-state index contributed by atoms with van der Waals surface area (Å²) in [5.74, 6) is 1.13. The molecule has 0 radical (unpaired) electrons. The molecule has 4 rings (SSSR count). The molecule has 0 aliphatic carbocycles. The van der Waals surface area contributed by atoms with Crippen molar-refractivity contribution in [3.63, 3.8) is 0 Å². The van der Waals surface area contributed by atoms with Gasteiger partial charge in [-0.2, -0.15) is 0 Å². The van der Waals surface area contributed by atoms with E-state index in [1.54, 1.807) is 11.3 Å². The van der Waals surface area contributed by atoms with Gasteiger partial charge in [0.15, 0.2) is 10.8 Å². The molecule has 0 amide bonds. The summed E-state index contributed by atoms with van der Waals surface area (Å²) >= 11 is 1.69. The first-order chi connectivity index (χ1) is 10.2. The van der Waals surface area contributed by atoms with Crippen LogP contribution in [-0.4, -0.2) is 40.7 Å². The molecule has 2 saturated heterocycles. The van der Waals surface area contributed by atoms with E-state index in [1.807, 2.05) is 0 Å². The minimum absolute atomic E-state index is 0.196. The van der Waals surface area contributed by atoms with Crippen LogP contribution >= 0.6 is 11.3 Å². The predicted molar refractivity (Wildman–Crippen MR) is 85.1 cm³/mol. The van der Waals surface area contributed by atoms with Gasteiger partial charge in [-0.15, -0.1) is 11.3 Å². The first-order valence-electron chi connectivity index (χ1n) is 7.85. The molecule has 21 heavy (non-hydrogen) atoms. The standard InChI is InChI=1S/C15H22N4OS/c1-2-10(16)7-13-14(17-15-19(13)5-6-21-15)18-8-11-3-4-12(9-18)20-11/h5-6,10-12H,2-4,7-9,16H2,1H3. The van der Waals surface area contributed by atoms with Crippen LogP contribution in [0.15, 0.2) is 11.6 Å². The van der Waals surface area contributed by atoms with Crippen molar-refractivity contribution in [1.29, 1.82) is 0 Å². The second kappa shape index (κ2) is 5.26. The lowest BCUT2D eigenvalue weighted by Crippen LogP contribution is -2.43. The highest BCUT2D eigenvalue weighted by molar-refractivity contribution is 7.15. The number of anilines is 1. The van der Waals surface area contributed by atoms with Crippen LogP contribution in [-0.2, 0) is 11.2 Å². The van der Waals surface area contributed by atoms with Gasteiger partial charge in [0.1, 0.15) is 0 Å². The zero-order chi connectivity index (χ0) is 14.4. The number of nitrogens with zero attached hydrogens (tertiary/aromatic N) is 3.